The number of hydrogen-bond donors (Lipinski definition) is 2. The van der Waals surface area contributed by atoms with Crippen molar-refractivity contribution in [3.8, 4) is 0 Å². The lowest BCUT2D eigenvalue weighted by molar-refractivity contribution is 0.450. The number of rotatable bonds is 0. The Hall–Kier alpha value is 0.150. The summed E-state index contributed by atoms with van der Waals surface area (Å²) in [5, 5.41) is 2.67. The first-order chi connectivity index (χ1) is 4.71. The van der Waals surface area contributed by atoms with Gasteiger partial charge in [-0.25, -0.2) is 5.09 Å². The van der Waals surface area contributed by atoms with Gasteiger partial charge in [0.15, 0.2) is 0 Å². The fraction of sp³-hybridized carbons (Fsp3) is 1.00. The summed E-state index contributed by atoms with van der Waals surface area (Å²) in [6, 6.07) is 0. The van der Waals surface area contributed by atoms with Gasteiger partial charge in [-0.3, -0.25) is 4.57 Å². The zero-order valence-electron chi connectivity index (χ0n) is 6.05. The fourth-order valence-electron chi connectivity index (χ4n) is 1.14. The standard InChI is InChI=1S/C6H14NO2P/c8-10(9)6-4-2-1-3-5-7-10/h1-6H2,(H2,7,8,9). The SMILES string of the molecule is O=P1(O)CCCCCCN1. The van der Waals surface area contributed by atoms with Crippen LogP contribution in [-0.2, 0) is 4.57 Å². The van der Waals surface area contributed by atoms with E-state index in [4.69, 9.17) is 4.89 Å². The second kappa shape index (κ2) is 3.51. The summed E-state index contributed by atoms with van der Waals surface area (Å²) in [6.07, 6.45) is 4.66. The Morgan fingerprint density at radius 3 is 2.70 bits per heavy atom. The largest absolute Gasteiger partial charge is 0.333 e. The quantitative estimate of drug-likeness (QED) is 0.530. The molecule has 0 amide bonds. The first-order valence-corrected chi connectivity index (χ1v) is 5.62. The van der Waals surface area contributed by atoms with Crippen LogP contribution < -0.4 is 5.09 Å². The third-order valence-corrected chi connectivity index (χ3v) is 3.39. The Labute approximate surface area is 61.3 Å². The number of nitrogens with one attached hydrogen (secondary N) is 1. The van der Waals surface area contributed by atoms with Crippen LogP contribution in [0.15, 0.2) is 0 Å². The summed E-state index contributed by atoms with van der Waals surface area (Å²) in [5.74, 6) is 0. The van der Waals surface area contributed by atoms with Crippen molar-refractivity contribution in [3.63, 3.8) is 0 Å². The molecule has 1 aliphatic heterocycles. The van der Waals surface area contributed by atoms with E-state index >= 15 is 0 Å². The van der Waals surface area contributed by atoms with E-state index in [1.807, 2.05) is 0 Å². The van der Waals surface area contributed by atoms with Crippen molar-refractivity contribution in [1.29, 1.82) is 0 Å². The second-order valence-electron chi connectivity index (χ2n) is 2.75. The highest BCUT2D eigenvalue weighted by molar-refractivity contribution is 7.55. The van der Waals surface area contributed by atoms with Gasteiger partial charge in [0, 0.05) is 12.7 Å². The molecule has 0 bridgehead atoms. The molecule has 3 nitrogen and oxygen atoms in total. The summed E-state index contributed by atoms with van der Waals surface area (Å²) >= 11 is 0. The molecular weight excluding hydrogens is 149 g/mol. The summed E-state index contributed by atoms with van der Waals surface area (Å²) < 4.78 is 11.1. The highest BCUT2D eigenvalue weighted by Gasteiger charge is 2.17. The Bertz CT molecular complexity index is 137. The van der Waals surface area contributed by atoms with Gasteiger partial charge in [-0.2, -0.15) is 0 Å². The third kappa shape index (κ3) is 2.82. The highest BCUT2D eigenvalue weighted by Crippen LogP contribution is 2.37. The normalized spacial score (nSPS) is 36.5. The Morgan fingerprint density at radius 2 is 1.90 bits per heavy atom. The van der Waals surface area contributed by atoms with Crippen LogP contribution in [0.5, 0.6) is 0 Å². The van der Waals surface area contributed by atoms with Gasteiger partial charge in [0.1, 0.15) is 0 Å². The fourth-order valence-corrected chi connectivity index (χ4v) is 2.46. The van der Waals surface area contributed by atoms with Gasteiger partial charge in [0.05, 0.1) is 0 Å². The first kappa shape index (κ1) is 8.25. The molecule has 1 unspecified atom stereocenters. The molecule has 1 saturated heterocycles. The minimum Gasteiger partial charge on any atom is -0.333 e. The highest BCUT2D eigenvalue weighted by atomic mass is 31.2. The summed E-state index contributed by atoms with van der Waals surface area (Å²) in [7, 11) is -2.91. The van der Waals surface area contributed by atoms with E-state index in [0.29, 0.717) is 12.7 Å². The molecule has 2 N–H and O–H groups in total. The van der Waals surface area contributed by atoms with Crippen molar-refractivity contribution in [2.75, 3.05) is 12.7 Å². The number of hydrogen-bond acceptors (Lipinski definition) is 1. The molecule has 0 aromatic rings. The molecule has 4 heteroatoms. The Morgan fingerprint density at radius 1 is 1.20 bits per heavy atom. The smallest absolute Gasteiger partial charge is 0.267 e. The van der Waals surface area contributed by atoms with Crippen LogP contribution in [0.4, 0.5) is 0 Å². The van der Waals surface area contributed by atoms with Crippen molar-refractivity contribution in [2.24, 2.45) is 0 Å². The molecule has 1 fully saturated rings. The molecule has 1 rings (SSSR count). The van der Waals surface area contributed by atoms with Crippen molar-refractivity contribution < 1.29 is 9.46 Å². The molecule has 60 valence electrons. The lowest BCUT2D eigenvalue weighted by Gasteiger charge is -2.15. The molecule has 1 atom stereocenters. The van der Waals surface area contributed by atoms with Crippen LogP contribution >= 0.6 is 7.52 Å². The van der Waals surface area contributed by atoms with Gasteiger partial charge in [0.2, 0.25) is 0 Å². The molecule has 0 saturated carbocycles. The average molecular weight is 163 g/mol. The van der Waals surface area contributed by atoms with E-state index in [-0.39, 0.29) is 0 Å². The van der Waals surface area contributed by atoms with Crippen molar-refractivity contribution in [3.05, 3.63) is 0 Å². The summed E-state index contributed by atoms with van der Waals surface area (Å²) in [6.45, 7) is 0.702. The van der Waals surface area contributed by atoms with Crippen LogP contribution in [0.3, 0.4) is 0 Å². The van der Waals surface area contributed by atoms with Crippen LogP contribution in [0, 0.1) is 0 Å². The maximum absolute atomic E-state index is 11.1. The lowest BCUT2D eigenvalue weighted by atomic mass is 10.2. The molecule has 1 aliphatic rings. The molecule has 1 heterocycles. The zero-order chi connectivity index (χ0) is 7.45. The van der Waals surface area contributed by atoms with Crippen LogP contribution in [0.1, 0.15) is 25.7 Å². The molecule has 0 aromatic heterocycles. The van der Waals surface area contributed by atoms with E-state index in [1.165, 1.54) is 6.42 Å². The molecular formula is C6H14NO2P. The monoisotopic (exact) mass is 163 g/mol. The molecule has 0 spiro atoms. The Balaban J connectivity index is 2.38. The van der Waals surface area contributed by atoms with E-state index in [2.05, 4.69) is 5.09 Å². The average Bonchev–Trinajstić information content (AvgIpc) is 1.81. The topological polar surface area (TPSA) is 49.3 Å². The summed E-state index contributed by atoms with van der Waals surface area (Å²) in [5.41, 5.74) is 0. The van der Waals surface area contributed by atoms with Crippen LogP contribution in [-0.4, -0.2) is 17.6 Å². The van der Waals surface area contributed by atoms with E-state index in [9.17, 15) is 4.57 Å². The van der Waals surface area contributed by atoms with Gasteiger partial charge in [-0.1, -0.05) is 12.8 Å². The van der Waals surface area contributed by atoms with E-state index < -0.39 is 7.52 Å². The summed E-state index contributed by atoms with van der Waals surface area (Å²) in [4.78, 5) is 9.12. The van der Waals surface area contributed by atoms with Gasteiger partial charge < -0.3 is 4.89 Å². The molecule has 0 aromatic carbocycles. The maximum Gasteiger partial charge on any atom is 0.267 e. The Kier molecular flexibility index (Phi) is 2.90. The predicted molar refractivity (Wildman–Crippen MR) is 41.2 cm³/mol. The van der Waals surface area contributed by atoms with Gasteiger partial charge >= 0.3 is 0 Å². The van der Waals surface area contributed by atoms with Gasteiger partial charge in [-0.15, -0.1) is 0 Å². The van der Waals surface area contributed by atoms with Crippen LogP contribution in [0.25, 0.3) is 0 Å². The predicted octanol–water partition coefficient (Wildman–Crippen LogP) is 1.34. The van der Waals surface area contributed by atoms with Gasteiger partial charge in [0.25, 0.3) is 7.52 Å². The maximum atomic E-state index is 11.1. The van der Waals surface area contributed by atoms with Crippen LogP contribution in [0.2, 0.25) is 0 Å². The van der Waals surface area contributed by atoms with Gasteiger partial charge in [-0.05, 0) is 12.8 Å². The minimum atomic E-state index is -2.91. The van der Waals surface area contributed by atoms with Crippen molar-refractivity contribution in [2.45, 2.75) is 25.7 Å². The zero-order valence-corrected chi connectivity index (χ0v) is 6.94. The third-order valence-electron chi connectivity index (χ3n) is 1.75. The van der Waals surface area contributed by atoms with Crippen molar-refractivity contribution >= 4 is 7.52 Å². The molecule has 0 radical (unpaired) electrons. The van der Waals surface area contributed by atoms with Crippen molar-refractivity contribution in [1.82, 2.24) is 5.09 Å². The minimum absolute atomic E-state index is 0.451. The van der Waals surface area contributed by atoms with E-state index in [0.717, 1.165) is 19.3 Å². The second-order valence-corrected chi connectivity index (χ2v) is 4.91. The first-order valence-electron chi connectivity index (χ1n) is 3.78. The molecule has 10 heavy (non-hydrogen) atoms. The lowest BCUT2D eigenvalue weighted by Crippen LogP contribution is -2.16. The van der Waals surface area contributed by atoms with E-state index in [1.54, 1.807) is 0 Å². The molecule has 0 aliphatic carbocycles.